The van der Waals surface area contributed by atoms with E-state index in [9.17, 15) is 4.79 Å². The van der Waals surface area contributed by atoms with Gasteiger partial charge in [0.1, 0.15) is 12.4 Å². The van der Waals surface area contributed by atoms with E-state index >= 15 is 0 Å². The van der Waals surface area contributed by atoms with E-state index in [1.807, 2.05) is 23.1 Å². The third-order valence-corrected chi connectivity index (χ3v) is 3.12. The third kappa shape index (κ3) is 3.15. The number of methoxy groups -OCH3 is 1. The fourth-order valence-electron chi connectivity index (χ4n) is 2.17. The molecule has 4 nitrogen and oxygen atoms in total. The van der Waals surface area contributed by atoms with Crippen molar-refractivity contribution in [1.82, 2.24) is 4.90 Å². The van der Waals surface area contributed by atoms with Crippen LogP contribution in [0, 0.1) is 5.92 Å². The van der Waals surface area contributed by atoms with Crippen LogP contribution in [-0.2, 0) is 4.74 Å². The van der Waals surface area contributed by atoms with Crippen molar-refractivity contribution in [2.45, 2.75) is 0 Å². The first kappa shape index (κ1) is 13.6. The second-order valence-electron chi connectivity index (χ2n) is 4.63. The van der Waals surface area contributed by atoms with Gasteiger partial charge in [-0.15, -0.1) is 0 Å². The van der Waals surface area contributed by atoms with E-state index in [1.54, 1.807) is 19.3 Å². The smallest absolute Gasteiger partial charge is 0.257 e. The topological polar surface area (TPSA) is 38.8 Å². The molecule has 0 aromatic heterocycles. The molecule has 1 aromatic rings. The number of carbonyl (C=O) groups is 1. The maximum Gasteiger partial charge on any atom is 0.257 e. The predicted molar refractivity (Wildman–Crippen MR) is 73.4 cm³/mol. The van der Waals surface area contributed by atoms with Gasteiger partial charge in [0.2, 0.25) is 0 Å². The number of benzene rings is 1. The summed E-state index contributed by atoms with van der Waals surface area (Å²) in [5.41, 5.74) is 0.611. The van der Waals surface area contributed by atoms with Gasteiger partial charge in [0, 0.05) is 26.1 Å². The number of rotatable bonds is 6. The fourth-order valence-corrected chi connectivity index (χ4v) is 2.17. The Bertz CT molecular complexity index is 452. The molecule has 0 unspecified atom stereocenters. The summed E-state index contributed by atoms with van der Waals surface area (Å²) < 4.78 is 10.6. The standard InChI is InChI=1S/C15H19NO3/c1-3-8-19-14-7-5-4-6-13(14)15(17)16-9-12(10-16)11-18-2/h3-7,12H,1,8-11H2,2H3. The molecule has 1 aromatic carbocycles. The minimum absolute atomic E-state index is 0.0204. The monoisotopic (exact) mass is 261 g/mol. The number of hydrogen-bond acceptors (Lipinski definition) is 3. The number of carbonyl (C=O) groups excluding carboxylic acids is 1. The molecule has 0 saturated carbocycles. The van der Waals surface area contributed by atoms with Gasteiger partial charge >= 0.3 is 0 Å². The van der Waals surface area contributed by atoms with Gasteiger partial charge in [-0.05, 0) is 12.1 Å². The van der Waals surface area contributed by atoms with Crippen LogP contribution in [0.15, 0.2) is 36.9 Å². The number of nitrogens with zero attached hydrogens (tertiary/aromatic N) is 1. The summed E-state index contributed by atoms with van der Waals surface area (Å²) in [6.07, 6.45) is 1.67. The average Bonchev–Trinajstić information content (AvgIpc) is 2.39. The van der Waals surface area contributed by atoms with Gasteiger partial charge in [-0.1, -0.05) is 24.8 Å². The second kappa shape index (κ2) is 6.38. The number of likely N-dealkylation sites (tertiary alicyclic amines) is 1. The first-order valence-electron chi connectivity index (χ1n) is 6.37. The van der Waals surface area contributed by atoms with E-state index in [-0.39, 0.29) is 5.91 Å². The van der Waals surface area contributed by atoms with Crippen molar-refractivity contribution < 1.29 is 14.3 Å². The van der Waals surface area contributed by atoms with Crippen molar-refractivity contribution >= 4 is 5.91 Å². The molecule has 0 radical (unpaired) electrons. The molecule has 1 amide bonds. The van der Waals surface area contributed by atoms with Crippen LogP contribution < -0.4 is 4.74 Å². The maximum absolute atomic E-state index is 12.3. The van der Waals surface area contributed by atoms with Gasteiger partial charge in [0.15, 0.2) is 0 Å². The normalized spacial score (nSPS) is 14.9. The lowest BCUT2D eigenvalue weighted by Gasteiger charge is -2.39. The molecule has 0 spiro atoms. The van der Waals surface area contributed by atoms with Crippen LogP contribution in [0.3, 0.4) is 0 Å². The maximum atomic E-state index is 12.3. The van der Waals surface area contributed by atoms with Crippen LogP contribution >= 0.6 is 0 Å². The molecule has 0 atom stereocenters. The van der Waals surface area contributed by atoms with Gasteiger partial charge < -0.3 is 14.4 Å². The molecule has 1 saturated heterocycles. The molecule has 1 heterocycles. The highest BCUT2D eigenvalue weighted by Gasteiger charge is 2.32. The molecule has 4 heteroatoms. The molecule has 1 aliphatic rings. The van der Waals surface area contributed by atoms with Gasteiger partial charge in [0.25, 0.3) is 5.91 Å². The van der Waals surface area contributed by atoms with E-state index in [0.717, 1.165) is 13.1 Å². The second-order valence-corrected chi connectivity index (χ2v) is 4.63. The quantitative estimate of drug-likeness (QED) is 0.735. The highest BCUT2D eigenvalue weighted by molar-refractivity contribution is 5.97. The highest BCUT2D eigenvalue weighted by Crippen LogP contribution is 2.24. The van der Waals surface area contributed by atoms with E-state index < -0.39 is 0 Å². The number of para-hydroxylation sites is 1. The highest BCUT2D eigenvalue weighted by atomic mass is 16.5. The first-order valence-corrected chi connectivity index (χ1v) is 6.37. The largest absolute Gasteiger partial charge is 0.489 e. The van der Waals surface area contributed by atoms with Gasteiger partial charge in [0.05, 0.1) is 12.2 Å². The Kier molecular flexibility index (Phi) is 4.58. The molecular formula is C15H19NO3. The lowest BCUT2D eigenvalue weighted by atomic mass is 9.99. The van der Waals surface area contributed by atoms with Crippen LogP contribution in [-0.4, -0.2) is 44.2 Å². The van der Waals surface area contributed by atoms with Crippen molar-refractivity contribution in [2.75, 3.05) is 33.4 Å². The number of hydrogen-bond donors (Lipinski definition) is 0. The minimum Gasteiger partial charge on any atom is -0.489 e. The predicted octanol–water partition coefficient (Wildman–Crippen LogP) is 1.97. The summed E-state index contributed by atoms with van der Waals surface area (Å²) in [6.45, 7) is 6.22. The molecule has 102 valence electrons. The SMILES string of the molecule is C=CCOc1ccccc1C(=O)N1CC(COC)C1. The van der Waals surface area contributed by atoms with E-state index in [4.69, 9.17) is 9.47 Å². The first-order chi connectivity index (χ1) is 9.26. The van der Waals surface area contributed by atoms with Crippen molar-refractivity contribution in [3.8, 4) is 5.75 Å². The number of amides is 1. The zero-order valence-corrected chi connectivity index (χ0v) is 11.2. The molecule has 1 aliphatic heterocycles. The summed E-state index contributed by atoms with van der Waals surface area (Å²) in [4.78, 5) is 14.2. The molecule has 0 N–H and O–H groups in total. The number of ether oxygens (including phenoxy) is 2. The average molecular weight is 261 g/mol. The summed E-state index contributed by atoms with van der Waals surface area (Å²) in [5.74, 6) is 1.09. The zero-order valence-electron chi connectivity index (χ0n) is 11.2. The van der Waals surface area contributed by atoms with E-state index in [1.165, 1.54) is 0 Å². The molecule has 0 aliphatic carbocycles. The Labute approximate surface area is 113 Å². The Morgan fingerprint density at radius 1 is 1.47 bits per heavy atom. The summed E-state index contributed by atoms with van der Waals surface area (Å²) in [6, 6.07) is 7.31. The molecule has 2 rings (SSSR count). The Morgan fingerprint density at radius 3 is 2.89 bits per heavy atom. The van der Waals surface area contributed by atoms with Crippen molar-refractivity contribution in [2.24, 2.45) is 5.92 Å². The Hall–Kier alpha value is -1.81. The molecule has 1 fully saturated rings. The third-order valence-electron chi connectivity index (χ3n) is 3.12. The van der Waals surface area contributed by atoms with Gasteiger partial charge in [-0.3, -0.25) is 4.79 Å². The van der Waals surface area contributed by atoms with Crippen LogP contribution in [0.2, 0.25) is 0 Å². The lowest BCUT2D eigenvalue weighted by Crippen LogP contribution is -2.51. The van der Waals surface area contributed by atoms with Crippen LogP contribution in [0.4, 0.5) is 0 Å². The molecule has 0 bridgehead atoms. The van der Waals surface area contributed by atoms with Crippen molar-refractivity contribution in [1.29, 1.82) is 0 Å². The minimum atomic E-state index is 0.0204. The Morgan fingerprint density at radius 2 is 2.21 bits per heavy atom. The van der Waals surface area contributed by atoms with Crippen molar-refractivity contribution in [3.05, 3.63) is 42.5 Å². The summed E-state index contributed by atoms with van der Waals surface area (Å²) in [5, 5.41) is 0. The fraction of sp³-hybridized carbons (Fsp3) is 0.400. The molecular weight excluding hydrogens is 242 g/mol. The van der Waals surface area contributed by atoms with Crippen LogP contribution in [0.5, 0.6) is 5.75 Å². The van der Waals surface area contributed by atoms with Crippen molar-refractivity contribution in [3.63, 3.8) is 0 Å². The van der Waals surface area contributed by atoms with Crippen LogP contribution in [0.25, 0.3) is 0 Å². The zero-order chi connectivity index (χ0) is 13.7. The van der Waals surface area contributed by atoms with Gasteiger partial charge in [-0.25, -0.2) is 0 Å². The van der Waals surface area contributed by atoms with Crippen LogP contribution in [0.1, 0.15) is 10.4 Å². The summed E-state index contributed by atoms with van der Waals surface area (Å²) >= 11 is 0. The Balaban J connectivity index is 2.01. The lowest BCUT2D eigenvalue weighted by molar-refractivity contribution is 0.0267. The molecule has 19 heavy (non-hydrogen) atoms. The van der Waals surface area contributed by atoms with E-state index in [2.05, 4.69) is 6.58 Å². The van der Waals surface area contributed by atoms with Gasteiger partial charge in [-0.2, -0.15) is 0 Å². The summed E-state index contributed by atoms with van der Waals surface area (Å²) in [7, 11) is 1.68. The van der Waals surface area contributed by atoms with E-state index in [0.29, 0.717) is 30.4 Å².